The monoisotopic (exact) mass is 327 g/mol. The molecule has 2 aromatic rings. The van der Waals surface area contributed by atoms with Gasteiger partial charge in [-0.05, 0) is 36.0 Å². The quantitative estimate of drug-likeness (QED) is 0.694. The Morgan fingerprint density at radius 2 is 2.06 bits per heavy atom. The molecule has 96 valence electrons. The Bertz CT molecular complexity index is 559. The summed E-state index contributed by atoms with van der Waals surface area (Å²) in [4.78, 5) is 8.82. The van der Waals surface area contributed by atoms with E-state index in [-0.39, 0.29) is 0 Å². The fourth-order valence-corrected chi connectivity index (χ4v) is 2.21. The van der Waals surface area contributed by atoms with Crippen molar-refractivity contribution in [3.63, 3.8) is 0 Å². The molecule has 0 aromatic carbocycles. The Labute approximate surface area is 119 Å². The summed E-state index contributed by atoms with van der Waals surface area (Å²) in [6, 6.07) is 1.88. The van der Waals surface area contributed by atoms with Gasteiger partial charge >= 0.3 is 0 Å². The Kier molecular flexibility index (Phi) is 3.91. The van der Waals surface area contributed by atoms with E-state index in [0.29, 0.717) is 0 Å². The minimum absolute atomic E-state index is 0.723. The molecule has 0 atom stereocenters. The summed E-state index contributed by atoms with van der Waals surface area (Å²) in [7, 11) is 1.84. The normalized spacial score (nSPS) is 10.7. The molecule has 0 radical (unpaired) electrons. The van der Waals surface area contributed by atoms with Gasteiger partial charge in [-0.3, -0.25) is 0 Å². The lowest BCUT2D eigenvalue weighted by atomic mass is 10.4. The number of aryl methyl sites for hydroxylation is 1. The number of hydrogen-bond donors (Lipinski definition) is 1. The number of nitrogens with zero attached hydrogens (tertiary/aromatic N) is 4. The van der Waals surface area contributed by atoms with E-state index in [4.69, 9.17) is 0 Å². The van der Waals surface area contributed by atoms with Crippen molar-refractivity contribution < 1.29 is 0 Å². The highest BCUT2D eigenvalue weighted by atomic mass is 79.9. The zero-order valence-electron chi connectivity index (χ0n) is 10.7. The van der Waals surface area contributed by atoms with Gasteiger partial charge in [0, 0.05) is 13.1 Å². The number of nitrogens with one attached hydrogen (secondary N) is 1. The van der Waals surface area contributed by atoms with Gasteiger partial charge in [-0.1, -0.05) is 11.8 Å². The van der Waals surface area contributed by atoms with E-state index < -0.39 is 0 Å². The molecule has 18 heavy (non-hydrogen) atoms. The molecule has 5 nitrogen and oxygen atoms in total. The van der Waals surface area contributed by atoms with Crippen LogP contribution in [0.5, 0.6) is 0 Å². The molecule has 0 fully saturated rings. The molecule has 2 heterocycles. The van der Waals surface area contributed by atoms with Crippen molar-refractivity contribution in [3.05, 3.63) is 21.9 Å². The van der Waals surface area contributed by atoms with Gasteiger partial charge in [0.05, 0.1) is 15.9 Å². The molecule has 2 aromatic heterocycles. The van der Waals surface area contributed by atoms with E-state index in [9.17, 15) is 0 Å². The molecule has 0 saturated carbocycles. The van der Waals surface area contributed by atoms with Gasteiger partial charge in [-0.2, -0.15) is 5.10 Å². The summed E-state index contributed by atoms with van der Waals surface area (Å²) in [6.07, 6.45) is 1.95. The van der Waals surface area contributed by atoms with E-state index in [1.165, 1.54) is 11.8 Å². The predicted molar refractivity (Wildman–Crippen MR) is 77.7 cm³/mol. The maximum Gasteiger partial charge on any atom is 0.191 e. The van der Waals surface area contributed by atoms with Crippen LogP contribution in [0.1, 0.15) is 11.4 Å². The van der Waals surface area contributed by atoms with E-state index >= 15 is 0 Å². The molecule has 0 saturated heterocycles. The summed E-state index contributed by atoms with van der Waals surface area (Å²) >= 11 is 5.03. The lowest BCUT2D eigenvalue weighted by Gasteiger charge is -2.07. The Balaban J connectivity index is 2.59. The van der Waals surface area contributed by atoms with Crippen molar-refractivity contribution in [2.24, 2.45) is 0 Å². The van der Waals surface area contributed by atoms with Crippen LogP contribution in [0.25, 0.3) is 5.82 Å². The van der Waals surface area contributed by atoms with E-state index in [0.717, 1.165) is 32.7 Å². The highest BCUT2D eigenvalue weighted by Gasteiger charge is 2.13. The third-order valence-corrected chi connectivity index (χ3v) is 4.25. The van der Waals surface area contributed by atoms with Crippen LogP contribution in [0, 0.1) is 13.8 Å². The molecule has 0 aliphatic carbocycles. The van der Waals surface area contributed by atoms with Gasteiger partial charge in [0.1, 0.15) is 5.82 Å². The number of rotatable bonds is 3. The first-order valence-electron chi connectivity index (χ1n) is 5.39. The van der Waals surface area contributed by atoms with Crippen LogP contribution in [-0.4, -0.2) is 33.1 Å². The lowest BCUT2D eigenvalue weighted by molar-refractivity contribution is 0.778. The van der Waals surface area contributed by atoms with E-state index in [1.54, 1.807) is 0 Å². The number of halogens is 1. The first kappa shape index (κ1) is 13.4. The number of thioether (sulfide) groups is 1. The van der Waals surface area contributed by atoms with Gasteiger partial charge in [-0.15, -0.1) is 0 Å². The maximum absolute atomic E-state index is 4.48. The van der Waals surface area contributed by atoms with Crippen molar-refractivity contribution in [1.82, 2.24) is 19.7 Å². The van der Waals surface area contributed by atoms with Crippen LogP contribution >= 0.6 is 27.7 Å². The second-order valence-electron chi connectivity index (χ2n) is 3.74. The van der Waals surface area contributed by atoms with Gasteiger partial charge in [0.25, 0.3) is 0 Å². The number of aromatic nitrogens is 4. The van der Waals surface area contributed by atoms with Crippen molar-refractivity contribution in [3.8, 4) is 5.82 Å². The topological polar surface area (TPSA) is 55.6 Å². The van der Waals surface area contributed by atoms with Crippen molar-refractivity contribution in [2.75, 3.05) is 18.6 Å². The second-order valence-corrected chi connectivity index (χ2v) is 5.31. The van der Waals surface area contributed by atoms with Gasteiger partial charge in [-0.25, -0.2) is 14.6 Å². The highest BCUT2D eigenvalue weighted by Crippen LogP contribution is 2.24. The smallest absolute Gasteiger partial charge is 0.191 e. The summed E-state index contributed by atoms with van der Waals surface area (Å²) in [6.45, 7) is 3.97. The second kappa shape index (κ2) is 5.27. The first-order chi connectivity index (χ1) is 8.56. The highest BCUT2D eigenvalue weighted by molar-refractivity contribution is 9.10. The van der Waals surface area contributed by atoms with E-state index in [1.807, 2.05) is 37.9 Å². The molecule has 0 amide bonds. The van der Waals surface area contributed by atoms with Crippen LogP contribution in [0.3, 0.4) is 0 Å². The Morgan fingerprint density at radius 3 is 2.56 bits per heavy atom. The van der Waals surface area contributed by atoms with Crippen LogP contribution in [0.4, 0.5) is 5.82 Å². The van der Waals surface area contributed by atoms with Crippen LogP contribution < -0.4 is 5.32 Å². The van der Waals surface area contributed by atoms with Gasteiger partial charge < -0.3 is 5.32 Å². The molecular weight excluding hydrogens is 314 g/mol. The fraction of sp³-hybridized carbons (Fsp3) is 0.364. The fourth-order valence-electron chi connectivity index (χ4n) is 1.59. The average Bonchev–Trinajstić information content (AvgIpc) is 2.65. The molecule has 0 spiro atoms. The first-order valence-corrected chi connectivity index (χ1v) is 7.41. The van der Waals surface area contributed by atoms with Crippen LogP contribution in [-0.2, 0) is 0 Å². The number of anilines is 1. The third-order valence-electron chi connectivity index (χ3n) is 2.55. The summed E-state index contributed by atoms with van der Waals surface area (Å²) in [5.41, 5.74) is 1.98. The average molecular weight is 328 g/mol. The van der Waals surface area contributed by atoms with Crippen LogP contribution in [0.2, 0.25) is 0 Å². The minimum Gasteiger partial charge on any atom is -0.373 e. The molecule has 2 rings (SSSR count). The SMILES string of the molecule is CNc1cc(-n2nc(C)c(Br)c2C)nc(SC)n1. The van der Waals surface area contributed by atoms with Gasteiger partial charge in [0.15, 0.2) is 11.0 Å². The Morgan fingerprint density at radius 1 is 1.33 bits per heavy atom. The van der Waals surface area contributed by atoms with Crippen molar-refractivity contribution in [2.45, 2.75) is 19.0 Å². The molecule has 0 bridgehead atoms. The van der Waals surface area contributed by atoms with Crippen molar-refractivity contribution in [1.29, 1.82) is 0 Å². The van der Waals surface area contributed by atoms with E-state index in [2.05, 4.69) is 36.3 Å². The zero-order valence-corrected chi connectivity index (χ0v) is 13.1. The largest absolute Gasteiger partial charge is 0.373 e. The minimum atomic E-state index is 0.723. The standard InChI is InChI=1S/C11H14BrN5S/c1-6-10(12)7(2)17(16-6)9-5-8(13-3)14-11(15-9)18-4/h5H,1-4H3,(H,13,14,15). The molecular formula is C11H14BrN5S. The molecule has 0 aliphatic rings. The number of hydrogen-bond acceptors (Lipinski definition) is 5. The lowest BCUT2D eigenvalue weighted by Crippen LogP contribution is -2.06. The summed E-state index contributed by atoms with van der Waals surface area (Å²) in [5, 5.41) is 8.23. The molecule has 1 N–H and O–H groups in total. The van der Waals surface area contributed by atoms with Gasteiger partial charge in [0.2, 0.25) is 0 Å². The maximum atomic E-state index is 4.48. The summed E-state index contributed by atoms with van der Waals surface area (Å²) in [5.74, 6) is 1.55. The predicted octanol–water partition coefficient (Wildman–Crippen LogP) is 2.81. The third kappa shape index (κ3) is 2.37. The van der Waals surface area contributed by atoms with Crippen LogP contribution in [0.15, 0.2) is 15.7 Å². The molecule has 0 unspecified atom stereocenters. The molecule has 7 heteroatoms. The molecule has 0 aliphatic heterocycles. The Hall–Kier alpha value is -1.08. The summed E-state index contributed by atoms with van der Waals surface area (Å²) < 4.78 is 2.83. The zero-order chi connectivity index (χ0) is 13.3. The van der Waals surface area contributed by atoms with Crippen molar-refractivity contribution >= 4 is 33.5 Å².